The van der Waals surface area contributed by atoms with Crippen LogP contribution in [0.5, 0.6) is 11.5 Å². The average molecular weight is 524 g/mol. The maximum Gasteiger partial charge on any atom is 0.289 e. The Kier molecular flexibility index (Phi) is 7.38. The van der Waals surface area contributed by atoms with Gasteiger partial charge in [0.15, 0.2) is 23.1 Å². The number of H-pyrrole nitrogens is 1. The van der Waals surface area contributed by atoms with Gasteiger partial charge in [0.25, 0.3) is 11.5 Å². The standard InChI is InChI=1S/C25H29N7O6/c1-35-12-10-32-23(27-28-29-32)22(30-6-8-31(9-7-30)25(34)19-5-4-11-38-19)17-13-16-14-20(36-2)21(37-3)15-18(16)26-24(17)33/h4-5,11,13-15,22H,6-10,12H2,1-3H3,(H,26,33)/t22-/m1/s1. The SMILES string of the molecule is COCCn1nnnc1[C@@H](c1cc2cc(OC)c(OC)cc2[nH]c1=O)N1CCN(C(=O)c2ccco2)CC1. The summed E-state index contributed by atoms with van der Waals surface area (Å²) in [4.78, 5) is 33.1. The van der Waals surface area contributed by atoms with Crippen LogP contribution in [0.15, 0.2) is 45.8 Å². The minimum Gasteiger partial charge on any atom is -0.493 e. The molecular weight excluding hydrogens is 494 g/mol. The molecule has 0 bridgehead atoms. The van der Waals surface area contributed by atoms with Crippen LogP contribution in [0.2, 0.25) is 0 Å². The van der Waals surface area contributed by atoms with Crippen LogP contribution in [-0.2, 0) is 11.3 Å². The number of furan rings is 1. The summed E-state index contributed by atoms with van der Waals surface area (Å²) in [5.74, 6) is 1.71. The Labute approximate surface area is 217 Å². The number of hydrogen-bond acceptors (Lipinski definition) is 10. The number of piperazine rings is 1. The van der Waals surface area contributed by atoms with Crippen LogP contribution in [0, 0.1) is 0 Å². The van der Waals surface area contributed by atoms with Crippen molar-refractivity contribution in [1.29, 1.82) is 0 Å². The van der Waals surface area contributed by atoms with E-state index in [1.165, 1.54) is 6.26 Å². The first-order valence-electron chi connectivity index (χ1n) is 12.1. The lowest BCUT2D eigenvalue weighted by Crippen LogP contribution is -2.50. The molecule has 1 amide bonds. The van der Waals surface area contributed by atoms with Crippen molar-refractivity contribution < 1.29 is 23.4 Å². The summed E-state index contributed by atoms with van der Waals surface area (Å²) >= 11 is 0. The van der Waals surface area contributed by atoms with E-state index in [4.69, 9.17) is 18.6 Å². The summed E-state index contributed by atoms with van der Waals surface area (Å²) in [6, 6.07) is 8.16. The predicted octanol–water partition coefficient (Wildman–Crippen LogP) is 1.32. The lowest BCUT2D eigenvalue weighted by molar-refractivity contribution is 0.0557. The molecule has 1 fully saturated rings. The van der Waals surface area contributed by atoms with Gasteiger partial charge in [-0.15, -0.1) is 5.10 Å². The fourth-order valence-corrected chi connectivity index (χ4v) is 4.74. The molecule has 1 aliphatic heterocycles. The molecule has 13 nitrogen and oxygen atoms in total. The van der Waals surface area contributed by atoms with Crippen LogP contribution in [0.25, 0.3) is 10.9 Å². The van der Waals surface area contributed by atoms with Crippen molar-refractivity contribution in [3.63, 3.8) is 0 Å². The number of ether oxygens (including phenoxy) is 3. The normalized spacial score (nSPS) is 15.1. The minimum atomic E-state index is -0.566. The fourth-order valence-electron chi connectivity index (χ4n) is 4.74. The van der Waals surface area contributed by atoms with Crippen molar-refractivity contribution >= 4 is 16.8 Å². The van der Waals surface area contributed by atoms with Crippen LogP contribution in [0.1, 0.15) is 28.0 Å². The van der Waals surface area contributed by atoms with Crippen LogP contribution >= 0.6 is 0 Å². The second-order valence-electron chi connectivity index (χ2n) is 8.81. The number of nitrogens with one attached hydrogen (secondary N) is 1. The second-order valence-corrected chi connectivity index (χ2v) is 8.81. The number of methoxy groups -OCH3 is 3. The summed E-state index contributed by atoms with van der Waals surface area (Å²) in [6.45, 7) is 2.72. The van der Waals surface area contributed by atoms with E-state index in [0.29, 0.717) is 73.5 Å². The maximum absolute atomic E-state index is 13.5. The Morgan fingerprint density at radius 2 is 1.87 bits per heavy atom. The van der Waals surface area contributed by atoms with Crippen molar-refractivity contribution in [2.45, 2.75) is 12.6 Å². The lowest BCUT2D eigenvalue weighted by atomic mass is 10.0. The number of fused-ring (bicyclic) bond motifs is 1. The first-order chi connectivity index (χ1) is 18.5. The topological polar surface area (TPSA) is 141 Å². The van der Waals surface area contributed by atoms with E-state index < -0.39 is 6.04 Å². The summed E-state index contributed by atoms with van der Waals surface area (Å²) in [5, 5.41) is 13.1. The number of aromatic amines is 1. The van der Waals surface area contributed by atoms with Crippen LogP contribution in [0.3, 0.4) is 0 Å². The minimum absolute atomic E-state index is 0.166. The number of hydrogen-bond donors (Lipinski definition) is 1. The molecule has 38 heavy (non-hydrogen) atoms. The molecule has 13 heteroatoms. The summed E-state index contributed by atoms with van der Waals surface area (Å²) < 4.78 is 23.0. The van der Waals surface area contributed by atoms with E-state index in [2.05, 4.69) is 25.4 Å². The Hall–Kier alpha value is -4.23. The number of carbonyl (C=O) groups is 1. The zero-order valence-electron chi connectivity index (χ0n) is 21.4. The van der Waals surface area contributed by atoms with Gasteiger partial charge in [0.2, 0.25) is 0 Å². The third kappa shape index (κ3) is 4.85. The molecule has 0 unspecified atom stereocenters. The van der Waals surface area contributed by atoms with Crippen LogP contribution < -0.4 is 15.0 Å². The number of pyridine rings is 1. The Balaban J connectivity index is 1.53. The highest BCUT2D eigenvalue weighted by Crippen LogP contribution is 2.33. The monoisotopic (exact) mass is 523 g/mol. The van der Waals surface area contributed by atoms with Gasteiger partial charge in [-0.2, -0.15) is 0 Å². The molecule has 1 atom stereocenters. The number of carbonyl (C=O) groups excluding carboxylic acids is 1. The average Bonchev–Trinajstić information content (AvgIpc) is 3.64. The van der Waals surface area contributed by atoms with Crippen molar-refractivity contribution in [3.05, 3.63) is 64.1 Å². The van der Waals surface area contributed by atoms with Crippen LogP contribution in [-0.4, -0.2) is 95.0 Å². The smallest absolute Gasteiger partial charge is 0.289 e. The second kappa shape index (κ2) is 11.0. The predicted molar refractivity (Wildman–Crippen MR) is 135 cm³/mol. The molecule has 0 radical (unpaired) electrons. The molecule has 0 saturated carbocycles. The highest BCUT2D eigenvalue weighted by Gasteiger charge is 2.34. The molecule has 5 rings (SSSR count). The molecule has 4 aromatic rings. The molecule has 1 aliphatic rings. The molecule has 0 spiro atoms. The van der Waals surface area contributed by atoms with Gasteiger partial charge in [0, 0.05) is 50.3 Å². The van der Waals surface area contributed by atoms with E-state index >= 15 is 0 Å². The largest absolute Gasteiger partial charge is 0.493 e. The van der Waals surface area contributed by atoms with Gasteiger partial charge in [0.05, 0.1) is 39.2 Å². The zero-order chi connectivity index (χ0) is 26.6. The molecule has 200 valence electrons. The number of aromatic nitrogens is 5. The molecule has 3 aromatic heterocycles. The fraction of sp³-hybridized carbons (Fsp3) is 0.400. The van der Waals surface area contributed by atoms with E-state index in [0.717, 1.165) is 5.39 Å². The molecule has 1 saturated heterocycles. The molecule has 0 aliphatic carbocycles. The molecule has 1 N–H and O–H groups in total. The van der Waals surface area contributed by atoms with Gasteiger partial charge in [-0.1, -0.05) is 0 Å². The van der Waals surface area contributed by atoms with E-state index in [-0.39, 0.29) is 11.5 Å². The molecular formula is C25H29N7O6. The number of rotatable bonds is 9. The number of nitrogens with zero attached hydrogens (tertiary/aromatic N) is 6. The lowest BCUT2D eigenvalue weighted by Gasteiger charge is -2.38. The number of benzene rings is 1. The van der Waals surface area contributed by atoms with Crippen molar-refractivity contribution in [2.24, 2.45) is 0 Å². The van der Waals surface area contributed by atoms with Gasteiger partial charge in [-0.3, -0.25) is 14.5 Å². The zero-order valence-corrected chi connectivity index (χ0v) is 21.4. The Bertz CT molecular complexity index is 1460. The number of tetrazole rings is 1. The van der Waals surface area contributed by atoms with E-state index in [1.807, 2.05) is 12.1 Å². The van der Waals surface area contributed by atoms with Gasteiger partial charge in [0.1, 0.15) is 6.04 Å². The van der Waals surface area contributed by atoms with Gasteiger partial charge >= 0.3 is 0 Å². The first kappa shape index (κ1) is 25.4. The van der Waals surface area contributed by atoms with Crippen molar-refractivity contribution in [3.8, 4) is 11.5 Å². The molecule has 1 aromatic carbocycles. The highest BCUT2D eigenvalue weighted by atomic mass is 16.5. The maximum atomic E-state index is 13.5. The third-order valence-electron chi connectivity index (χ3n) is 6.68. The molecule has 4 heterocycles. The van der Waals surface area contributed by atoms with Crippen LogP contribution in [0.4, 0.5) is 0 Å². The van der Waals surface area contributed by atoms with E-state index in [1.54, 1.807) is 49.1 Å². The van der Waals surface area contributed by atoms with Gasteiger partial charge in [-0.25, -0.2) is 4.68 Å². The van der Waals surface area contributed by atoms with Gasteiger partial charge in [-0.05, 0) is 34.7 Å². The third-order valence-corrected chi connectivity index (χ3v) is 6.68. The Morgan fingerprint density at radius 3 is 2.55 bits per heavy atom. The highest BCUT2D eigenvalue weighted by molar-refractivity contribution is 5.91. The van der Waals surface area contributed by atoms with Gasteiger partial charge < -0.3 is 28.5 Å². The van der Waals surface area contributed by atoms with Crippen molar-refractivity contribution in [2.75, 3.05) is 54.1 Å². The Morgan fingerprint density at radius 1 is 1.11 bits per heavy atom. The van der Waals surface area contributed by atoms with E-state index in [9.17, 15) is 9.59 Å². The van der Waals surface area contributed by atoms with Crippen molar-refractivity contribution in [1.82, 2.24) is 35.0 Å². The first-order valence-corrected chi connectivity index (χ1v) is 12.1. The number of amides is 1. The quantitative estimate of drug-likeness (QED) is 0.341. The summed E-state index contributed by atoms with van der Waals surface area (Å²) in [7, 11) is 4.71. The summed E-state index contributed by atoms with van der Waals surface area (Å²) in [6.07, 6.45) is 1.48. The summed E-state index contributed by atoms with van der Waals surface area (Å²) in [5.41, 5.74) is 0.817.